The number of hydrogen-bond acceptors (Lipinski definition) is 5. The van der Waals surface area contributed by atoms with E-state index in [-0.39, 0.29) is 5.91 Å². The molecule has 0 aliphatic heterocycles. The average Bonchev–Trinajstić information content (AvgIpc) is 2.50. The summed E-state index contributed by atoms with van der Waals surface area (Å²) in [5, 5.41) is 2.91. The largest absolute Gasteiger partial charge is 0.496 e. The van der Waals surface area contributed by atoms with Crippen molar-refractivity contribution in [2.45, 2.75) is 13.8 Å². The van der Waals surface area contributed by atoms with Gasteiger partial charge in [0.05, 0.1) is 12.7 Å². The molecule has 0 atom stereocenters. The number of carbonyl (C=O) groups excluding carboxylic acids is 1. The van der Waals surface area contributed by atoms with Crippen LogP contribution in [0.15, 0.2) is 18.2 Å². The second-order valence-electron chi connectivity index (χ2n) is 4.31. The van der Waals surface area contributed by atoms with E-state index in [9.17, 15) is 4.79 Å². The number of nitrogens with one attached hydrogen (secondary N) is 2. The molecular formula is C14H23N3O2S. The SMILES string of the molecule is CCN(CC)CCNC(=O)c1ccc(NS)cc1OC. The fourth-order valence-corrected chi connectivity index (χ4v) is 2.05. The molecule has 1 rings (SSSR count). The topological polar surface area (TPSA) is 53.6 Å². The number of thiol groups is 1. The smallest absolute Gasteiger partial charge is 0.255 e. The molecule has 1 amide bonds. The van der Waals surface area contributed by atoms with Crippen molar-refractivity contribution in [3.63, 3.8) is 0 Å². The highest BCUT2D eigenvalue weighted by Crippen LogP contribution is 2.23. The lowest BCUT2D eigenvalue weighted by molar-refractivity contribution is 0.0946. The van der Waals surface area contributed by atoms with Gasteiger partial charge in [-0.1, -0.05) is 26.7 Å². The van der Waals surface area contributed by atoms with Gasteiger partial charge in [-0.05, 0) is 25.2 Å². The molecule has 1 aromatic carbocycles. The zero-order chi connectivity index (χ0) is 15.0. The van der Waals surface area contributed by atoms with Crippen LogP contribution < -0.4 is 14.8 Å². The Morgan fingerprint density at radius 3 is 2.60 bits per heavy atom. The number of methoxy groups -OCH3 is 1. The normalized spacial score (nSPS) is 10.4. The maximum Gasteiger partial charge on any atom is 0.255 e. The predicted octanol–water partition coefficient (Wildman–Crippen LogP) is 2.02. The number of benzene rings is 1. The van der Waals surface area contributed by atoms with Gasteiger partial charge in [0.25, 0.3) is 5.91 Å². The van der Waals surface area contributed by atoms with Crippen LogP contribution >= 0.6 is 12.8 Å². The fourth-order valence-electron chi connectivity index (χ4n) is 1.91. The van der Waals surface area contributed by atoms with Gasteiger partial charge in [-0.15, -0.1) is 0 Å². The quantitative estimate of drug-likeness (QED) is 0.643. The van der Waals surface area contributed by atoms with Crippen molar-refractivity contribution in [3.8, 4) is 5.75 Å². The highest BCUT2D eigenvalue weighted by atomic mass is 32.1. The Labute approximate surface area is 126 Å². The summed E-state index contributed by atoms with van der Waals surface area (Å²) in [7, 11) is 1.55. The summed E-state index contributed by atoms with van der Waals surface area (Å²) in [6, 6.07) is 5.26. The lowest BCUT2D eigenvalue weighted by atomic mass is 10.1. The van der Waals surface area contributed by atoms with E-state index in [1.807, 2.05) is 0 Å². The van der Waals surface area contributed by atoms with Crippen LogP contribution in [0, 0.1) is 0 Å². The van der Waals surface area contributed by atoms with E-state index in [1.54, 1.807) is 25.3 Å². The van der Waals surface area contributed by atoms with Crippen molar-refractivity contribution in [2.75, 3.05) is 38.0 Å². The maximum absolute atomic E-state index is 12.1. The molecule has 0 bridgehead atoms. The lowest BCUT2D eigenvalue weighted by Crippen LogP contribution is -2.34. The summed E-state index contributed by atoms with van der Waals surface area (Å²) in [4.78, 5) is 14.4. The van der Waals surface area contributed by atoms with Crippen molar-refractivity contribution in [3.05, 3.63) is 23.8 Å². The number of carbonyl (C=O) groups is 1. The van der Waals surface area contributed by atoms with Crippen LogP contribution in [0.4, 0.5) is 5.69 Å². The summed E-state index contributed by atoms with van der Waals surface area (Å²) in [6.07, 6.45) is 0. The van der Waals surface area contributed by atoms with Crippen LogP contribution in [0.1, 0.15) is 24.2 Å². The third-order valence-corrected chi connectivity index (χ3v) is 3.44. The molecule has 112 valence electrons. The van der Waals surface area contributed by atoms with E-state index < -0.39 is 0 Å². The summed E-state index contributed by atoms with van der Waals surface area (Å²) in [6.45, 7) is 7.65. The summed E-state index contributed by atoms with van der Waals surface area (Å²) in [5.41, 5.74) is 1.31. The standard InChI is InChI=1S/C14H23N3O2S/c1-4-17(5-2)9-8-15-14(18)12-7-6-11(16-20)10-13(12)19-3/h6-7,10,16,20H,4-5,8-9H2,1-3H3,(H,15,18). The molecule has 0 aliphatic carbocycles. The number of nitrogens with zero attached hydrogens (tertiary/aromatic N) is 1. The van der Waals surface area contributed by atoms with Crippen LogP contribution in [0.25, 0.3) is 0 Å². The van der Waals surface area contributed by atoms with Gasteiger partial charge in [-0.3, -0.25) is 4.79 Å². The minimum absolute atomic E-state index is 0.125. The van der Waals surface area contributed by atoms with Gasteiger partial charge < -0.3 is 19.7 Å². The molecule has 20 heavy (non-hydrogen) atoms. The van der Waals surface area contributed by atoms with Gasteiger partial charge in [-0.2, -0.15) is 0 Å². The Hall–Kier alpha value is -1.40. The van der Waals surface area contributed by atoms with Gasteiger partial charge >= 0.3 is 0 Å². The molecular weight excluding hydrogens is 274 g/mol. The van der Waals surface area contributed by atoms with E-state index in [0.29, 0.717) is 17.9 Å². The van der Waals surface area contributed by atoms with E-state index in [2.05, 4.69) is 41.6 Å². The highest BCUT2D eigenvalue weighted by molar-refractivity contribution is 7.81. The molecule has 6 heteroatoms. The van der Waals surface area contributed by atoms with Crippen molar-refractivity contribution < 1.29 is 9.53 Å². The molecule has 0 unspecified atom stereocenters. The molecule has 0 aromatic heterocycles. The monoisotopic (exact) mass is 297 g/mol. The summed E-state index contributed by atoms with van der Waals surface area (Å²) < 4.78 is 7.95. The molecule has 0 saturated carbocycles. The Balaban J connectivity index is 2.63. The van der Waals surface area contributed by atoms with Gasteiger partial charge in [0.15, 0.2) is 0 Å². The van der Waals surface area contributed by atoms with Gasteiger partial charge in [0.1, 0.15) is 5.75 Å². The Bertz CT molecular complexity index is 436. The van der Waals surface area contributed by atoms with Crippen molar-refractivity contribution >= 4 is 24.4 Å². The van der Waals surface area contributed by atoms with Crippen molar-refractivity contribution in [1.29, 1.82) is 0 Å². The molecule has 2 N–H and O–H groups in total. The Morgan fingerprint density at radius 2 is 2.05 bits per heavy atom. The number of ether oxygens (including phenoxy) is 1. The zero-order valence-corrected chi connectivity index (χ0v) is 13.2. The number of hydrogen-bond donors (Lipinski definition) is 3. The van der Waals surface area contributed by atoms with Gasteiger partial charge in [0.2, 0.25) is 0 Å². The van der Waals surface area contributed by atoms with E-state index in [0.717, 1.165) is 25.3 Å². The predicted molar refractivity (Wildman–Crippen MR) is 85.7 cm³/mol. The molecule has 0 aliphatic rings. The van der Waals surface area contributed by atoms with Gasteiger partial charge in [-0.25, -0.2) is 0 Å². The molecule has 5 nitrogen and oxygen atoms in total. The molecule has 0 saturated heterocycles. The zero-order valence-electron chi connectivity index (χ0n) is 12.3. The first-order valence-corrected chi connectivity index (χ1v) is 7.19. The van der Waals surface area contributed by atoms with E-state index >= 15 is 0 Å². The first-order chi connectivity index (χ1) is 9.65. The first kappa shape index (κ1) is 16.7. The number of anilines is 1. The van der Waals surface area contributed by atoms with Crippen molar-refractivity contribution in [1.82, 2.24) is 10.2 Å². The van der Waals surface area contributed by atoms with Crippen LogP contribution in [0.3, 0.4) is 0 Å². The lowest BCUT2D eigenvalue weighted by Gasteiger charge is -2.18. The molecule has 0 fully saturated rings. The van der Waals surface area contributed by atoms with Gasteiger partial charge in [0, 0.05) is 24.8 Å². The summed E-state index contributed by atoms with van der Waals surface area (Å²) >= 11 is 3.97. The highest BCUT2D eigenvalue weighted by Gasteiger charge is 2.12. The molecule has 1 aromatic rings. The summed E-state index contributed by atoms with van der Waals surface area (Å²) in [5.74, 6) is 0.407. The maximum atomic E-state index is 12.1. The average molecular weight is 297 g/mol. The number of likely N-dealkylation sites (N-methyl/N-ethyl adjacent to an activating group) is 1. The van der Waals surface area contributed by atoms with Crippen LogP contribution in [0.2, 0.25) is 0 Å². The molecule has 0 spiro atoms. The first-order valence-electron chi connectivity index (χ1n) is 6.74. The minimum atomic E-state index is -0.125. The third kappa shape index (κ3) is 4.61. The number of amides is 1. The minimum Gasteiger partial charge on any atom is -0.496 e. The van der Waals surface area contributed by atoms with Crippen LogP contribution in [0.5, 0.6) is 5.75 Å². The molecule has 0 heterocycles. The van der Waals surface area contributed by atoms with Crippen molar-refractivity contribution in [2.24, 2.45) is 0 Å². The van der Waals surface area contributed by atoms with E-state index in [4.69, 9.17) is 4.74 Å². The number of rotatable bonds is 8. The second kappa shape index (κ2) is 8.71. The fraction of sp³-hybridized carbons (Fsp3) is 0.500. The van der Waals surface area contributed by atoms with E-state index in [1.165, 1.54) is 0 Å². The second-order valence-corrected chi connectivity index (χ2v) is 4.53. The Kier molecular flexibility index (Phi) is 7.25. The Morgan fingerprint density at radius 1 is 1.35 bits per heavy atom. The van der Waals surface area contributed by atoms with Crippen LogP contribution in [-0.2, 0) is 0 Å². The molecule has 0 radical (unpaired) electrons. The van der Waals surface area contributed by atoms with Crippen LogP contribution in [-0.4, -0.2) is 44.1 Å². The third-order valence-electron chi connectivity index (χ3n) is 3.18.